The van der Waals surface area contributed by atoms with Crippen LogP contribution in [0.15, 0.2) is 41.4 Å². The number of aromatic hydroxyl groups is 1. The zero-order chi connectivity index (χ0) is 20.5. The third kappa shape index (κ3) is 6.77. The van der Waals surface area contributed by atoms with Crippen LogP contribution in [-0.2, 0) is 17.0 Å². The zero-order valence-corrected chi connectivity index (χ0v) is 19.0. The second-order valence-electron chi connectivity index (χ2n) is 6.92. The molecule has 0 amide bonds. The van der Waals surface area contributed by atoms with Crippen molar-refractivity contribution >= 4 is 30.5 Å². The average molecular weight is 460 g/mol. The Kier molecular flexibility index (Phi) is 9.80. The van der Waals surface area contributed by atoms with Crippen LogP contribution in [0, 0.1) is 11.7 Å². The van der Waals surface area contributed by atoms with Crippen molar-refractivity contribution in [3.8, 4) is 11.5 Å². The summed E-state index contributed by atoms with van der Waals surface area (Å²) in [5.74, 6) is 1.50. The van der Waals surface area contributed by atoms with Gasteiger partial charge in [0.15, 0.2) is 0 Å². The van der Waals surface area contributed by atoms with Gasteiger partial charge in [0.2, 0.25) is 0 Å². The summed E-state index contributed by atoms with van der Waals surface area (Å²) in [7, 11) is 11.4. The van der Waals surface area contributed by atoms with Gasteiger partial charge in [0.25, 0.3) is 0 Å². The predicted molar refractivity (Wildman–Crippen MR) is 110 cm³/mol. The van der Waals surface area contributed by atoms with E-state index in [1.807, 2.05) is 24.3 Å². The van der Waals surface area contributed by atoms with Gasteiger partial charge in [0.05, 0.1) is 12.8 Å². The third-order valence-corrected chi connectivity index (χ3v) is 5.01. The molecule has 0 heterocycles. The van der Waals surface area contributed by atoms with Crippen molar-refractivity contribution in [1.82, 2.24) is 0 Å². The molecule has 3 nitrogen and oxygen atoms in total. The van der Waals surface area contributed by atoms with Crippen LogP contribution in [0.3, 0.4) is 0 Å². The van der Waals surface area contributed by atoms with E-state index in [-0.39, 0.29) is 17.5 Å². The standard InChI is InChI=1S/C21H24FNO2.2ClH.Ti/c1-14-3-5-15(6-4-14)20-12-17(22)11-16(21(20)24)13-23-18-7-9-19(25-2)10-8-18;;;/h7-15,24H,3-6H2,1-2H3;2*1H;/q;;;+2/p-2. The number of benzene rings is 2. The van der Waals surface area contributed by atoms with E-state index in [1.54, 1.807) is 7.11 Å². The molecule has 150 valence electrons. The van der Waals surface area contributed by atoms with Gasteiger partial charge in [-0.2, -0.15) is 0 Å². The molecule has 1 saturated carbocycles. The summed E-state index contributed by atoms with van der Waals surface area (Å²) in [6.45, 7) is 2.24. The van der Waals surface area contributed by atoms with Crippen molar-refractivity contribution in [2.45, 2.75) is 38.5 Å². The van der Waals surface area contributed by atoms with Gasteiger partial charge in [0.1, 0.15) is 17.3 Å². The monoisotopic (exact) mass is 459 g/mol. The van der Waals surface area contributed by atoms with Gasteiger partial charge in [-0.3, -0.25) is 4.99 Å². The number of aliphatic imine (C=N–C) groups is 1. The van der Waals surface area contributed by atoms with Crippen molar-refractivity contribution in [2.75, 3.05) is 7.11 Å². The topological polar surface area (TPSA) is 41.8 Å². The second kappa shape index (κ2) is 11.8. The SMILES string of the molecule is COc1ccc(N=Cc2cc(F)cc(C3CCC(C)CC3)c2O)cc1.[Cl][Ti][Cl]. The Morgan fingerprint density at radius 3 is 2.32 bits per heavy atom. The summed E-state index contributed by atoms with van der Waals surface area (Å²) in [5, 5.41) is 10.6. The van der Waals surface area contributed by atoms with Crippen LogP contribution < -0.4 is 4.74 Å². The first-order valence-corrected chi connectivity index (χ1v) is 13.4. The summed E-state index contributed by atoms with van der Waals surface area (Å²) >= 11 is -0.556. The van der Waals surface area contributed by atoms with Crippen LogP contribution in [0.25, 0.3) is 0 Å². The molecule has 0 aliphatic heterocycles. The molecule has 1 fully saturated rings. The summed E-state index contributed by atoms with van der Waals surface area (Å²) in [6.07, 6.45) is 5.75. The minimum absolute atomic E-state index is 0.151. The Morgan fingerprint density at radius 1 is 1.14 bits per heavy atom. The van der Waals surface area contributed by atoms with Gasteiger partial charge >= 0.3 is 35.6 Å². The number of halogens is 3. The predicted octanol–water partition coefficient (Wildman–Crippen LogP) is 6.96. The molecule has 1 aliphatic carbocycles. The van der Waals surface area contributed by atoms with Crippen molar-refractivity contribution < 1.29 is 31.3 Å². The first-order valence-electron chi connectivity index (χ1n) is 9.15. The number of hydrogen-bond donors (Lipinski definition) is 1. The van der Waals surface area contributed by atoms with Gasteiger partial charge in [-0.25, -0.2) is 4.39 Å². The maximum absolute atomic E-state index is 14.1. The summed E-state index contributed by atoms with van der Waals surface area (Å²) in [6, 6.07) is 10.1. The molecule has 28 heavy (non-hydrogen) atoms. The molecular formula is C21H24Cl2FNO2Ti. The van der Waals surface area contributed by atoms with Crippen LogP contribution in [0.5, 0.6) is 11.5 Å². The molecule has 1 N–H and O–H groups in total. The molecule has 1 aliphatic rings. The molecule has 2 aromatic carbocycles. The quantitative estimate of drug-likeness (QED) is 0.396. The number of phenolic OH excluding ortho intramolecular Hbond substituents is 1. The Balaban J connectivity index is 0.000000878. The van der Waals surface area contributed by atoms with Gasteiger partial charge in [-0.05, 0) is 61.1 Å². The molecule has 0 radical (unpaired) electrons. The molecule has 0 atom stereocenters. The van der Waals surface area contributed by atoms with Gasteiger partial charge < -0.3 is 9.84 Å². The number of phenols is 1. The minimum atomic E-state index is -0.556. The van der Waals surface area contributed by atoms with Gasteiger partial charge in [-0.15, -0.1) is 0 Å². The normalized spacial score (nSPS) is 19.0. The Bertz CT molecular complexity index is 779. The van der Waals surface area contributed by atoms with Crippen molar-refractivity contribution in [3.05, 3.63) is 53.3 Å². The van der Waals surface area contributed by atoms with Crippen LogP contribution in [0.2, 0.25) is 0 Å². The summed E-state index contributed by atoms with van der Waals surface area (Å²) in [5.41, 5.74) is 1.85. The van der Waals surface area contributed by atoms with E-state index in [0.717, 1.165) is 37.1 Å². The average Bonchev–Trinajstić information content (AvgIpc) is 2.70. The van der Waals surface area contributed by atoms with Crippen molar-refractivity contribution in [1.29, 1.82) is 0 Å². The Hall–Kier alpha value is -1.07. The fraction of sp³-hybridized carbons (Fsp3) is 0.381. The molecule has 0 unspecified atom stereocenters. The van der Waals surface area contributed by atoms with Crippen LogP contribution in [-0.4, -0.2) is 18.4 Å². The Morgan fingerprint density at radius 2 is 1.75 bits per heavy atom. The van der Waals surface area contributed by atoms with Crippen molar-refractivity contribution in [3.63, 3.8) is 0 Å². The van der Waals surface area contributed by atoms with E-state index in [9.17, 15) is 9.50 Å². The van der Waals surface area contributed by atoms with Crippen molar-refractivity contribution in [2.24, 2.45) is 10.9 Å². The molecule has 0 bridgehead atoms. The van der Waals surface area contributed by atoms with E-state index < -0.39 is 17.0 Å². The second-order valence-corrected chi connectivity index (χ2v) is 9.50. The van der Waals surface area contributed by atoms with Gasteiger partial charge in [-0.1, -0.05) is 19.8 Å². The number of hydrogen-bond acceptors (Lipinski definition) is 3. The maximum atomic E-state index is 14.1. The van der Waals surface area contributed by atoms with Gasteiger partial charge in [0, 0.05) is 17.3 Å². The molecule has 0 saturated heterocycles. The number of ether oxygens (including phenoxy) is 1. The Labute approximate surface area is 182 Å². The first-order chi connectivity index (χ1) is 13.5. The molecule has 0 aromatic heterocycles. The molecular weight excluding hydrogens is 436 g/mol. The van der Waals surface area contributed by atoms with E-state index in [0.29, 0.717) is 17.0 Å². The molecule has 7 heteroatoms. The number of rotatable bonds is 4. The van der Waals surface area contributed by atoms with Crippen LogP contribution in [0.4, 0.5) is 10.1 Å². The third-order valence-electron chi connectivity index (χ3n) is 5.01. The number of methoxy groups -OCH3 is 1. The van der Waals surface area contributed by atoms with E-state index in [2.05, 4.69) is 11.9 Å². The van der Waals surface area contributed by atoms with E-state index in [4.69, 9.17) is 23.3 Å². The summed E-state index contributed by atoms with van der Waals surface area (Å²) < 4.78 is 19.2. The fourth-order valence-corrected chi connectivity index (χ4v) is 3.44. The first kappa shape index (κ1) is 23.2. The molecule has 2 aromatic rings. The van der Waals surface area contributed by atoms with E-state index in [1.165, 1.54) is 18.3 Å². The van der Waals surface area contributed by atoms with Crippen LogP contribution >= 0.6 is 18.6 Å². The number of nitrogens with zero attached hydrogens (tertiary/aromatic N) is 1. The fourth-order valence-electron chi connectivity index (χ4n) is 3.44. The van der Waals surface area contributed by atoms with Crippen LogP contribution in [0.1, 0.15) is 49.7 Å². The zero-order valence-electron chi connectivity index (χ0n) is 16.0. The summed E-state index contributed by atoms with van der Waals surface area (Å²) in [4.78, 5) is 4.34. The molecule has 3 rings (SSSR count). The van der Waals surface area contributed by atoms with E-state index >= 15 is 0 Å². The molecule has 0 spiro atoms.